The highest BCUT2D eigenvalue weighted by Gasteiger charge is 2.18. The highest BCUT2D eigenvalue weighted by Crippen LogP contribution is 2.46. The molecule has 94 valence electrons. The van der Waals surface area contributed by atoms with Crippen LogP contribution in [0, 0.1) is 0 Å². The van der Waals surface area contributed by atoms with E-state index in [4.69, 9.17) is 0 Å². The largest absolute Gasteiger partial charge is 0.506 e. The normalized spacial score (nSPS) is 10.7. The van der Waals surface area contributed by atoms with E-state index < -0.39 is 0 Å². The van der Waals surface area contributed by atoms with Gasteiger partial charge in [0.2, 0.25) is 0 Å². The van der Waals surface area contributed by atoms with Gasteiger partial charge in [-0.2, -0.15) is 0 Å². The first-order valence-corrected chi connectivity index (χ1v) is 8.27. The van der Waals surface area contributed by atoms with Crippen molar-refractivity contribution < 1.29 is 5.11 Å². The van der Waals surface area contributed by atoms with Crippen molar-refractivity contribution in [1.82, 2.24) is 0 Å². The third kappa shape index (κ3) is 2.84. The minimum Gasteiger partial charge on any atom is -0.506 e. The van der Waals surface area contributed by atoms with Crippen LogP contribution in [0.4, 0.5) is 0 Å². The molecule has 0 saturated carbocycles. The van der Waals surface area contributed by atoms with Crippen molar-refractivity contribution in [3.63, 3.8) is 0 Å². The summed E-state index contributed by atoms with van der Waals surface area (Å²) in [4.78, 5) is 0. The lowest BCUT2D eigenvalue weighted by Gasteiger charge is -2.13. The summed E-state index contributed by atoms with van der Waals surface area (Å²) in [7, 11) is 0. The number of aromatic hydroxyl groups is 1. The molecule has 0 aliphatic carbocycles. The zero-order valence-electron chi connectivity index (χ0n) is 9.05. The van der Waals surface area contributed by atoms with Gasteiger partial charge in [0.15, 0.2) is 0 Å². The molecule has 0 saturated heterocycles. The molecule has 0 aromatic heterocycles. The fraction of sp³-hybridized carbons (Fsp3) is 0.0769. The maximum Gasteiger partial charge on any atom is 0.135 e. The van der Waals surface area contributed by atoms with E-state index >= 15 is 0 Å². The number of phenolic OH excluding ortho intramolecular Hbond substituents is 1. The third-order valence-corrected chi connectivity index (χ3v) is 7.39. The highest BCUT2D eigenvalue weighted by molar-refractivity contribution is 9.15. The number of phenols is 1. The maximum absolute atomic E-state index is 10.2. The van der Waals surface area contributed by atoms with Gasteiger partial charge in [-0.25, -0.2) is 0 Å². The van der Waals surface area contributed by atoms with Gasteiger partial charge in [0.25, 0.3) is 0 Å². The second-order valence-corrected chi connectivity index (χ2v) is 6.92. The van der Waals surface area contributed by atoms with Crippen LogP contribution in [-0.4, -0.2) is 5.11 Å². The molecule has 0 bridgehead atoms. The van der Waals surface area contributed by atoms with Gasteiger partial charge in [-0.05, 0) is 69.3 Å². The van der Waals surface area contributed by atoms with Crippen molar-refractivity contribution in [3.8, 4) is 5.75 Å². The van der Waals surface area contributed by atoms with Crippen molar-refractivity contribution in [2.75, 3.05) is 0 Å². The Balaban J connectivity index is 2.52. The maximum atomic E-state index is 10.2. The van der Waals surface area contributed by atoms with E-state index in [0.29, 0.717) is 10.9 Å². The van der Waals surface area contributed by atoms with Gasteiger partial charge in [0.1, 0.15) is 5.75 Å². The Hall–Kier alpha value is 0.160. The number of rotatable bonds is 2. The second-order valence-electron chi connectivity index (χ2n) is 3.75. The molecule has 0 radical (unpaired) electrons. The van der Waals surface area contributed by atoms with Gasteiger partial charge < -0.3 is 5.11 Å². The topological polar surface area (TPSA) is 20.2 Å². The summed E-state index contributed by atoms with van der Waals surface area (Å²) in [6, 6.07) is 10.0. The van der Waals surface area contributed by atoms with Crippen LogP contribution < -0.4 is 0 Å². The first-order chi connectivity index (χ1) is 8.52. The second kappa shape index (κ2) is 6.07. The van der Waals surface area contributed by atoms with Crippen LogP contribution >= 0.6 is 63.7 Å². The van der Waals surface area contributed by atoms with Crippen LogP contribution in [0.2, 0.25) is 0 Å². The molecule has 18 heavy (non-hydrogen) atoms. The standard InChI is InChI=1S/C13H8Br4O/c14-9-8(6-7-4-2-1-3-5-7)13(18)12(17)11(16)10(9)15/h1-5,18H,6H2. The molecule has 0 amide bonds. The van der Waals surface area contributed by atoms with E-state index in [0.717, 1.165) is 24.5 Å². The molecule has 0 spiro atoms. The summed E-state index contributed by atoms with van der Waals surface area (Å²) in [6.07, 6.45) is 0.664. The minimum absolute atomic E-state index is 0.251. The Morgan fingerprint density at radius 3 is 1.94 bits per heavy atom. The van der Waals surface area contributed by atoms with Crippen molar-refractivity contribution in [2.45, 2.75) is 6.42 Å². The summed E-state index contributed by atoms with van der Waals surface area (Å²) in [5, 5.41) is 10.2. The van der Waals surface area contributed by atoms with Crippen molar-refractivity contribution in [3.05, 3.63) is 59.3 Å². The average molecular weight is 500 g/mol. The fourth-order valence-corrected chi connectivity index (χ4v) is 3.95. The summed E-state index contributed by atoms with van der Waals surface area (Å²) < 4.78 is 3.20. The molecule has 1 nitrogen and oxygen atoms in total. The number of halogens is 4. The minimum atomic E-state index is 0.251. The highest BCUT2D eigenvalue weighted by atomic mass is 79.9. The molecule has 0 atom stereocenters. The van der Waals surface area contributed by atoms with Gasteiger partial charge in [-0.15, -0.1) is 0 Å². The van der Waals surface area contributed by atoms with E-state index in [1.807, 2.05) is 30.3 Å². The number of hydrogen-bond donors (Lipinski definition) is 1. The van der Waals surface area contributed by atoms with Gasteiger partial charge >= 0.3 is 0 Å². The van der Waals surface area contributed by atoms with Crippen molar-refractivity contribution in [1.29, 1.82) is 0 Å². The zero-order chi connectivity index (χ0) is 13.3. The summed E-state index contributed by atoms with van der Waals surface area (Å²) in [6.45, 7) is 0. The van der Waals surface area contributed by atoms with Crippen LogP contribution in [0.3, 0.4) is 0 Å². The van der Waals surface area contributed by atoms with E-state index in [1.165, 1.54) is 0 Å². The van der Waals surface area contributed by atoms with Gasteiger partial charge in [-0.1, -0.05) is 30.3 Å². The molecule has 0 aliphatic rings. The molecule has 0 fully saturated rings. The lowest BCUT2D eigenvalue weighted by Crippen LogP contribution is -1.93. The van der Waals surface area contributed by atoms with Crippen LogP contribution in [0.15, 0.2) is 48.2 Å². The van der Waals surface area contributed by atoms with Crippen LogP contribution in [0.5, 0.6) is 5.75 Å². The molecule has 2 aromatic rings. The Morgan fingerprint density at radius 1 is 0.778 bits per heavy atom. The van der Waals surface area contributed by atoms with Gasteiger partial charge in [0, 0.05) is 20.9 Å². The van der Waals surface area contributed by atoms with E-state index in [1.54, 1.807) is 0 Å². The Labute approximate surface area is 139 Å². The molecule has 5 heteroatoms. The predicted octanol–water partition coefficient (Wildman–Crippen LogP) is 6.03. The summed E-state index contributed by atoms with van der Waals surface area (Å²) in [5.41, 5.74) is 2.00. The molecular weight excluding hydrogens is 492 g/mol. The molecule has 1 N–H and O–H groups in total. The van der Waals surface area contributed by atoms with Crippen LogP contribution in [-0.2, 0) is 6.42 Å². The Bertz CT molecular complexity index is 552. The van der Waals surface area contributed by atoms with Gasteiger partial charge in [-0.3, -0.25) is 0 Å². The van der Waals surface area contributed by atoms with Crippen molar-refractivity contribution >= 4 is 63.7 Å². The third-order valence-electron chi connectivity index (χ3n) is 2.56. The molecule has 0 heterocycles. The monoisotopic (exact) mass is 496 g/mol. The fourth-order valence-electron chi connectivity index (χ4n) is 1.63. The van der Waals surface area contributed by atoms with E-state index in [9.17, 15) is 5.11 Å². The van der Waals surface area contributed by atoms with Crippen LogP contribution in [0.25, 0.3) is 0 Å². The smallest absolute Gasteiger partial charge is 0.135 e. The molecule has 0 unspecified atom stereocenters. The molecule has 2 rings (SSSR count). The lowest BCUT2D eigenvalue weighted by atomic mass is 10.0. The van der Waals surface area contributed by atoms with Crippen LogP contribution in [0.1, 0.15) is 11.1 Å². The van der Waals surface area contributed by atoms with E-state index in [2.05, 4.69) is 63.7 Å². The quantitative estimate of drug-likeness (QED) is 0.395. The zero-order valence-corrected chi connectivity index (χ0v) is 15.4. The molecular formula is C13H8Br4O. The summed E-state index contributed by atoms with van der Waals surface area (Å²) >= 11 is 13.8. The first kappa shape index (κ1) is 14.6. The van der Waals surface area contributed by atoms with Gasteiger partial charge in [0.05, 0.1) is 8.95 Å². The number of hydrogen-bond acceptors (Lipinski definition) is 1. The Kier molecular flexibility index (Phi) is 4.92. The first-order valence-electron chi connectivity index (χ1n) is 5.10. The predicted molar refractivity (Wildman–Crippen MR) is 88.2 cm³/mol. The average Bonchev–Trinajstić information content (AvgIpc) is 2.40. The molecule has 0 aliphatic heterocycles. The lowest BCUT2D eigenvalue weighted by molar-refractivity contribution is 0.464. The Morgan fingerprint density at radius 2 is 1.33 bits per heavy atom. The van der Waals surface area contributed by atoms with Crippen molar-refractivity contribution in [2.24, 2.45) is 0 Å². The SMILES string of the molecule is Oc1c(Br)c(Br)c(Br)c(Br)c1Cc1ccccc1. The summed E-state index contributed by atoms with van der Waals surface area (Å²) in [5.74, 6) is 0.251. The van der Waals surface area contributed by atoms with E-state index in [-0.39, 0.29) is 5.75 Å². The molecule has 2 aromatic carbocycles. The number of benzene rings is 2.